The molecule has 2 amide bonds. The summed E-state index contributed by atoms with van der Waals surface area (Å²) in [4.78, 5) is 18.2. The van der Waals surface area contributed by atoms with Crippen LogP contribution in [-0.4, -0.2) is 60.3 Å². The Labute approximate surface area is 159 Å². The molecule has 3 rings (SSSR count). The zero-order valence-corrected chi connectivity index (χ0v) is 16.0. The number of carbonyl (C=O) groups excluding carboxylic acids is 1. The molecule has 1 fully saturated rings. The fourth-order valence-corrected chi connectivity index (χ4v) is 4.02. The number of carbonyl (C=O) groups is 1. The van der Waals surface area contributed by atoms with Crippen LogP contribution in [0, 0.1) is 6.92 Å². The van der Waals surface area contributed by atoms with Gasteiger partial charge in [-0.05, 0) is 30.4 Å². The molecule has 0 aliphatic carbocycles. The third kappa shape index (κ3) is 4.84. The molecule has 0 saturated carbocycles. The van der Waals surface area contributed by atoms with Gasteiger partial charge in [-0.1, -0.05) is 35.9 Å². The van der Waals surface area contributed by atoms with E-state index in [1.165, 1.54) is 5.56 Å². The Balaban J connectivity index is 1.64. The van der Waals surface area contributed by atoms with Crippen molar-refractivity contribution in [2.45, 2.75) is 19.4 Å². The first-order chi connectivity index (χ1) is 12.7. The molecule has 1 aliphatic rings. The second kappa shape index (κ2) is 9.16. The summed E-state index contributed by atoms with van der Waals surface area (Å²) in [7, 11) is 0. The average molecular weight is 374 g/mol. The van der Waals surface area contributed by atoms with Crippen LogP contribution >= 0.6 is 11.3 Å². The molecule has 1 aliphatic heterocycles. The topological polar surface area (TPSA) is 55.8 Å². The zero-order chi connectivity index (χ0) is 18.4. The van der Waals surface area contributed by atoms with Crippen molar-refractivity contribution in [2.75, 3.05) is 39.3 Å². The number of nitrogens with one attached hydrogen (secondary N) is 1. The number of urea groups is 1. The van der Waals surface area contributed by atoms with Gasteiger partial charge in [-0.2, -0.15) is 0 Å². The fourth-order valence-electron chi connectivity index (χ4n) is 3.22. The predicted octanol–water partition coefficient (Wildman–Crippen LogP) is 2.86. The number of nitrogens with zero attached hydrogens (tertiary/aromatic N) is 2. The molecule has 1 aromatic carbocycles. The first-order valence-electron chi connectivity index (χ1n) is 9.16. The first-order valence-corrected chi connectivity index (χ1v) is 10.0. The van der Waals surface area contributed by atoms with Crippen LogP contribution in [0.1, 0.15) is 28.5 Å². The Morgan fingerprint density at radius 1 is 1.19 bits per heavy atom. The van der Waals surface area contributed by atoms with Crippen LogP contribution in [0.5, 0.6) is 0 Å². The zero-order valence-electron chi connectivity index (χ0n) is 15.2. The molecule has 5 nitrogen and oxygen atoms in total. The summed E-state index contributed by atoms with van der Waals surface area (Å²) >= 11 is 1.66. The van der Waals surface area contributed by atoms with Crippen LogP contribution in [-0.2, 0) is 0 Å². The van der Waals surface area contributed by atoms with Gasteiger partial charge in [0.2, 0.25) is 0 Å². The lowest BCUT2D eigenvalue weighted by Crippen LogP contribution is -2.52. The third-order valence-corrected chi connectivity index (χ3v) is 5.74. The molecule has 1 atom stereocenters. The predicted molar refractivity (Wildman–Crippen MR) is 106 cm³/mol. The number of amides is 2. The number of rotatable bonds is 6. The summed E-state index contributed by atoms with van der Waals surface area (Å²) in [5, 5.41) is 14.2. The van der Waals surface area contributed by atoms with Crippen molar-refractivity contribution in [3.05, 3.63) is 57.8 Å². The maximum atomic E-state index is 12.8. The van der Waals surface area contributed by atoms with Crippen molar-refractivity contribution in [3.8, 4) is 0 Å². The van der Waals surface area contributed by atoms with E-state index in [0.717, 1.165) is 49.6 Å². The van der Waals surface area contributed by atoms with Crippen LogP contribution in [0.3, 0.4) is 0 Å². The van der Waals surface area contributed by atoms with E-state index in [1.54, 1.807) is 11.3 Å². The van der Waals surface area contributed by atoms with E-state index in [1.807, 2.05) is 16.3 Å². The molecule has 1 aromatic heterocycles. The van der Waals surface area contributed by atoms with Gasteiger partial charge in [0.1, 0.15) is 0 Å². The van der Waals surface area contributed by atoms with E-state index in [9.17, 15) is 4.79 Å². The molecule has 2 N–H and O–H groups in total. The number of hydrogen-bond donors (Lipinski definition) is 2. The second-order valence-electron chi connectivity index (χ2n) is 6.71. The van der Waals surface area contributed by atoms with Crippen molar-refractivity contribution in [2.24, 2.45) is 0 Å². The molecule has 2 aromatic rings. The molecule has 26 heavy (non-hydrogen) atoms. The molecule has 6 heteroatoms. The number of thiophene rings is 1. The molecule has 0 unspecified atom stereocenters. The number of benzene rings is 1. The highest BCUT2D eigenvalue weighted by Crippen LogP contribution is 2.26. The second-order valence-corrected chi connectivity index (χ2v) is 7.69. The van der Waals surface area contributed by atoms with Crippen LogP contribution < -0.4 is 5.32 Å². The van der Waals surface area contributed by atoms with E-state index in [4.69, 9.17) is 5.11 Å². The number of aliphatic hydroxyl groups is 1. The van der Waals surface area contributed by atoms with E-state index in [0.29, 0.717) is 0 Å². The fraction of sp³-hybridized carbons (Fsp3) is 0.450. The lowest BCUT2D eigenvalue weighted by Gasteiger charge is -2.35. The van der Waals surface area contributed by atoms with Crippen LogP contribution in [0.2, 0.25) is 0 Å². The number of aryl methyl sites for hydroxylation is 1. The molecule has 0 radical (unpaired) electrons. The van der Waals surface area contributed by atoms with Crippen molar-refractivity contribution >= 4 is 17.4 Å². The molecular formula is C20H27N3O2S. The van der Waals surface area contributed by atoms with E-state index in [2.05, 4.69) is 47.5 Å². The molecule has 0 spiro atoms. The Morgan fingerprint density at radius 2 is 1.92 bits per heavy atom. The lowest BCUT2D eigenvalue weighted by atomic mass is 10.0. The van der Waals surface area contributed by atoms with Gasteiger partial charge in [-0.15, -0.1) is 11.3 Å². The van der Waals surface area contributed by atoms with Gasteiger partial charge >= 0.3 is 6.03 Å². The lowest BCUT2D eigenvalue weighted by molar-refractivity contribution is 0.131. The minimum atomic E-state index is -0.115. The summed E-state index contributed by atoms with van der Waals surface area (Å²) in [5.74, 6) is 0. The van der Waals surface area contributed by atoms with E-state index < -0.39 is 0 Å². The molecule has 1 saturated heterocycles. The standard InChI is InChI=1S/C20H27N3O2S/c1-16-5-7-17(8-6-16)19(18-4-2-15-26-18)21-20(25)23-12-10-22(11-13-23)9-3-14-24/h2,4-8,15,19,24H,3,9-14H2,1H3,(H,21,25)/t19-/m1/s1. The van der Waals surface area contributed by atoms with E-state index in [-0.39, 0.29) is 18.7 Å². The Bertz CT molecular complexity index is 680. The minimum Gasteiger partial charge on any atom is -0.396 e. The highest BCUT2D eigenvalue weighted by molar-refractivity contribution is 7.10. The number of piperazine rings is 1. The monoisotopic (exact) mass is 373 g/mol. The van der Waals surface area contributed by atoms with Crippen molar-refractivity contribution < 1.29 is 9.90 Å². The minimum absolute atomic E-state index is 0.00853. The molecular weight excluding hydrogens is 346 g/mol. The summed E-state index contributed by atoms with van der Waals surface area (Å²) in [6, 6.07) is 12.3. The van der Waals surface area contributed by atoms with Crippen molar-refractivity contribution in [1.29, 1.82) is 0 Å². The Kier molecular flexibility index (Phi) is 6.66. The normalized spacial score (nSPS) is 16.5. The number of aliphatic hydroxyl groups excluding tert-OH is 1. The quantitative estimate of drug-likeness (QED) is 0.819. The maximum absolute atomic E-state index is 12.8. The van der Waals surface area contributed by atoms with Gasteiger partial charge in [0.15, 0.2) is 0 Å². The van der Waals surface area contributed by atoms with Gasteiger partial charge in [-0.3, -0.25) is 4.90 Å². The third-order valence-electron chi connectivity index (χ3n) is 4.80. The SMILES string of the molecule is Cc1ccc([C@@H](NC(=O)N2CCN(CCCO)CC2)c2cccs2)cc1. The van der Waals surface area contributed by atoms with Crippen LogP contribution in [0.4, 0.5) is 4.79 Å². The largest absolute Gasteiger partial charge is 0.396 e. The number of hydrogen-bond acceptors (Lipinski definition) is 4. The highest BCUT2D eigenvalue weighted by Gasteiger charge is 2.24. The van der Waals surface area contributed by atoms with Crippen LogP contribution in [0.25, 0.3) is 0 Å². The van der Waals surface area contributed by atoms with Crippen molar-refractivity contribution in [1.82, 2.24) is 15.1 Å². The highest BCUT2D eigenvalue weighted by atomic mass is 32.1. The summed E-state index contributed by atoms with van der Waals surface area (Å²) in [6.45, 7) is 6.36. The van der Waals surface area contributed by atoms with Gasteiger partial charge in [-0.25, -0.2) is 4.79 Å². The van der Waals surface area contributed by atoms with Gasteiger partial charge < -0.3 is 15.3 Å². The first kappa shape index (κ1) is 18.9. The van der Waals surface area contributed by atoms with Gasteiger partial charge in [0, 0.05) is 44.2 Å². The molecule has 140 valence electrons. The Morgan fingerprint density at radius 3 is 2.54 bits per heavy atom. The van der Waals surface area contributed by atoms with Gasteiger partial charge in [0.25, 0.3) is 0 Å². The Hall–Kier alpha value is -1.89. The maximum Gasteiger partial charge on any atom is 0.318 e. The van der Waals surface area contributed by atoms with Gasteiger partial charge in [0.05, 0.1) is 6.04 Å². The molecule has 2 heterocycles. The summed E-state index contributed by atoms with van der Waals surface area (Å²) in [6.07, 6.45) is 0.792. The van der Waals surface area contributed by atoms with Crippen molar-refractivity contribution in [3.63, 3.8) is 0 Å². The smallest absolute Gasteiger partial charge is 0.318 e. The summed E-state index contributed by atoms with van der Waals surface area (Å²) in [5.41, 5.74) is 2.32. The summed E-state index contributed by atoms with van der Waals surface area (Å²) < 4.78 is 0. The molecule has 0 bridgehead atoms. The average Bonchev–Trinajstić information content (AvgIpc) is 3.20. The van der Waals surface area contributed by atoms with Crippen LogP contribution in [0.15, 0.2) is 41.8 Å². The van der Waals surface area contributed by atoms with E-state index >= 15 is 0 Å².